The summed E-state index contributed by atoms with van der Waals surface area (Å²) in [6.07, 6.45) is 4.40. The second kappa shape index (κ2) is 6.49. The molecule has 0 saturated heterocycles. The van der Waals surface area contributed by atoms with Gasteiger partial charge >= 0.3 is 0 Å². The molecule has 1 aliphatic rings. The molecule has 2 nitrogen and oxygen atoms in total. The zero-order valence-corrected chi connectivity index (χ0v) is 11.8. The van der Waals surface area contributed by atoms with Gasteiger partial charge in [0, 0.05) is 12.6 Å². The zero-order valence-electron chi connectivity index (χ0n) is 11.8. The predicted octanol–water partition coefficient (Wildman–Crippen LogP) is 3.23. The third-order valence-electron chi connectivity index (χ3n) is 4.34. The van der Waals surface area contributed by atoms with Crippen molar-refractivity contribution in [1.82, 2.24) is 4.90 Å². The number of hydrogen-bond donors (Lipinski definition) is 1. The maximum atomic E-state index is 13.4. The molecule has 0 aliphatic heterocycles. The van der Waals surface area contributed by atoms with Crippen molar-refractivity contribution < 1.29 is 9.50 Å². The molecular formula is C16H24FNO. The summed E-state index contributed by atoms with van der Waals surface area (Å²) in [5, 5.41) is 9.22. The minimum atomic E-state index is -0.159. The molecule has 0 amide bonds. The van der Waals surface area contributed by atoms with Crippen molar-refractivity contribution in [2.45, 2.75) is 31.7 Å². The first-order valence-corrected chi connectivity index (χ1v) is 7.14. The molecule has 1 saturated carbocycles. The highest BCUT2D eigenvalue weighted by Crippen LogP contribution is 2.39. The van der Waals surface area contributed by atoms with Gasteiger partial charge in [-0.2, -0.15) is 0 Å². The lowest BCUT2D eigenvalue weighted by Gasteiger charge is -2.37. The number of rotatable bonds is 4. The lowest BCUT2D eigenvalue weighted by molar-refractivity contribution is 0.118. The Labute approximate surface area is 115 Å². The van der Waals surface area contributed by atoms with Crippen LogP contribution in [0.3, 0.4) is 0 Å². The van der Waals surface area contributed by atoms with E-state index in [1.165, 1.54) is 6.07 Å². The van der Waals surface area contributed by atoms with Gasteiger partial charge in [0.1, 0.15) is 5.82 Å². The van der Waals surface area contributed by atoms with E-state index in [0.29, 0.717) is 18.4 Å². The molecule has 0 spiro atoms. The Morgan fingerprint density at radius 3 is 2.47 bits per heavy atom. The smallest absolute Gasteiger partial charge is 0.123 e. The third-order valence-corrected chi connectivity index (χ3v) is 4.34. The summed E-state index contributed by atoms with van der Waals surface area (Å²) in [6, 6.07) is 7.24. The van der Waals surface area contributed by atoms with Gasteiger partial charge in [0.05, 0.1) is 0 Å². The van der Waals surface area contributed by atoms with Crippen LogP contribution in [0.2, 0.25) is 0 Å². The molecule has 19 heavy (non-hydrogen) atoms. The molecule has 2 rings (SSSR count). The zero-order chi connectivity index (χ0) is 13.8. The quantitative estimate of drug-likeness (QED) is 0.903. The van der Waals surface area contributed by atoms with E-state index in [2.05, 4.69) is 19.0 Å². The van der Waals surface area contributed by atoms with Crippen molar-refractivity contribution >= 4 is 0 Å². The van der Waals surface area contributed by atoms with Gasteiger partial charge in [0.2, 0.25) is 0 Å². The molecular weight excluding hydrogens is 241 g/mol. The van der Waals surface area contributed by atoms with Crippen molar-refractivity contribution in [3.05, 3.63) is 35.6 Å². The molecule has 1 fully saturated rings. The van der Waals surface area contributed by atoms with Crippen LogP contribution < -0.4 is 0 Å². The summed E-state index contributed by atoms with van der Waals surface area (Å²) >= 11 is 0. The molecule has 1 aromatic carbocycles. The molecule has 1 N–H and O–H groups in total. The van der Waals surface area contributed by atoms with Crippen LogP contribution in [-0.4, -0.2) is 30.7 Å². The first-order valence-electron chi connectivity index (χ1n) is 7.14. The average molecular weight is 265 g/mol. The predicted molar refractivity (Wildman–Crippen MR) is 75.4 cm³/mol. The first kappa shape index (κ1) is 14.5. The Hall–Kier alpha value is -0.930. The molecule has 0 heterocycles. The summed E-state index contributed by atoms with van der Waals surface area (Å²) in [6.45, 7) is 0.305. The fourth-order valence-corrected chi connectivity index (χ4v) is 3.37. The highest BCUT2D eigenvalue weighted by Gasteiger charge is 2.29. The van der Waals surface area contributed by atoms with Crippen LogP contribution in [0.25, 0.3) is 0 Å². The SMILES string of the molecule is CN(C)C(c1cccc(F)c1)C1CCC(CO)CC1. The van der Waals surface area contributed by atoms with Gasteiger partial charge in [-0.05, 0) is 69.3 Å². The van der Waals surface area contributed by atoms with E-state index in [1.54, 1.807) is 12.1 Å². The molecule has 106 valence electrons. The highest BCUT2D eigenvalue weighted by atomic mass is 19.1. The van der Waals surface area contributed by atoms with E-state index >= 15 is 0 Å². The number of hydrogen-bond acceptors (Lipinski definition) is 2. The number of halogens is 1. The fourth-order valence-electron chi connectivity index (χ4n) is 3.37. The summed E-state index contributed by atoms with van der Waals surface area (Å²) < 4.78 is 13.4. The van der Waals surface area contributed by atoms with Crippen LogP contribution in [0.1, 0.15) is 37.3 Å². The molecule has 0 aromatic heterocycles. The Balaban J connectivity index is 2.13. The number of nitrogens with zero attached hydrogens (tertiary/aromatic N) is 1. The van der Waals surface area contributed by atoms with Crippen molar-refractivity contribution in [3.8, 4) is 0 Å². The van der Waals surface area contributed by atoms with Crippen LogP contribution in [0.4, 0.5) is 4.39 Å². The van der Waals surface area contributed by atoms with Crippen molar-refractivity contribution in [2.24, 2.45) is 11.8 Å². The normalized spacial score (nSPS) is 25.5. The van der Waals surface area contributed by atoms with E-state index < -0.39 is 0 Å². The standard InChI is InChI=1S/C16H24FNO/c1-18(2)16(14-4-3-5-15(17)10-14)13-8-6-12(11-19)7-9-13/h3-5,10,12-13,16,19H,6-9,11H2,1-2H3. The van der Waals surface area contributed by atoms with E-state index in [9.17, 15) is 9.50 Å². The van der Waals surface area contributed by atoms with Gasteiger partial charge in [-0.3, -0.25) is 0 Å². The lowest BCUT2D eigenvalue weighted by atomic mass is 9.76. The third kappa shape index (κ3) is 3.54. The van der Waals surface area contributed by atoms with Gasteiger partial charge in [0.25, 0.3) is 0 Å². The van der Waals surface area contributed by atoms with Crippen molar-refractivity contribution in [2.75, 3.05) is 20.7 Å². The van der Waals surface area contributed by atoms with Crippen LogP contribution in [0.15, 0.2) is 24.3 Å². The summed E-state index contributed by atoms with van der Waals surface area (Å²) in [5.74, 6) is 0.861. The second-order valence-electron chi connectivity index (χ2n) is 5.93. The van der Waals surface area contributed by atoms with Crippen LogP contribution in [0.5, 0.6) is 0 Å². The summed E-state index contributed by atoms with van der Waals surface area (Å²) in [7, 11) is 4.13. The molecule has 3 heteroatoms. The maximum Gasteiger partial charge on any atom is 0.123 e. The molecule has 1 unspecified atom stereocenters. The lowest BCUT2D eigenvalue weighted by Crippen LogP contribution is -2.31. The largest absolute Gasteiger partial charge is 0.396 e. The highest BCUT2D eigenvalue weighted by molar-refractivity contribution is 5.21. The minimum Gasteiger partial charge on any atom is -0.396 e. The van der Waals surface area contributed by atoms with Gasteiger partial charge in [-0.1, -0.05) is 12.1 Å². The molecule has 1 aliphatic carbocycles. The Kier molecular flexibility index (Phi) is 4.94. The first-order chi connectivity index (χ1) is 9.11. The monoisotopic (exact) mass is 265 g/mol. The number of benzene rings is 1. The Morgan fingerprint density at radius 1 is 1.26 bits per heavy atom. The summed E-state index contributed by atoms with van der Waals surface area (Å²) in [5.41, 5.74) is 1.07. The van der Waals surface area contributed by atoms with Gasteiger partial charge in [-0.25, -0.2) is 4.39 Å². The van der Waals surface area contributed by atoms with Gasteiger partial charge in [0.15, 0.2) is 0 Å². The van der Waals surface area contributed by atoms with E-state index in [0.717, 1.165) is 31.2 Å². The van der Waals surface area contributed by atoms with Gasteiger partial charge in [-0.15, -0.1) is 0 Å². The van der Waals surface area contributed by atoms with E-state index in [4.69, 9.17) is 0 Å². The minimum absolute atomic E-state index is 0.159. The molecule has 1 atom stereocenters. The van der Waals surface area contributed by atoms with Crippen LogP contribution in [-0.2, 0) is 0 Å². The van der Waals surface area contributed by atoms with Gasteiger partial charge < -0.3 is 10.0 Å². The summed E-state index contributed by atoms with van der Waals surface area (Å²) in [4.78, 5) is 2.19. The molecule has 0 radical (unpaired) electrons. The van der Waals surface area contributed by atoms with Crippen molar-refractivity contribution in [1.29, 1.82) is 0 Å². The van der Waals surface area contributed by atoms with Crippen LogP contribution in [0, 0.1) is 17.7 Å². The maximum absolute atomic E-state index is 13.4. The fraction of sp³-hybridized carbons (Fsp3) is 0.625. The number of aliphatic hydroxyl groups excluding tert-OH is 1. The van der Waals surface area contributed by atoms with Crippen molar-refractivity contribution in [3.63, 3.8) is 0 Å². The molecule has 0 bridgehead atoms. The number of aliphatic hydroxyl groups is 1. The topological polar surface area (TPSA) is 23.5 Å². The Morgan fingerprint density at radius 2 is 1.95 bits per heavy atom. The Bertz CT molecular complexity index is 399. The van der Waals surface area contributed by atoms with Crippen LogP contribution >= 0.6 is 0 Å². The average Bonchev–Trinajstić information content (AvgIpc) is 2.39. The van der Waals surface area contributed by atoms with E-state index in [1.807, 2.05) is 6.07 Å². The second-order valence-corrected chi connectivity index (χ2v) is 5.93. The molecule has 1 aromatic rings. The van der Waals surface area contributed by atoms with E-state index in [-0.39, 0.29) is 11.9 Å².